The normalized spacial score (nSPS) is 15.5. The summed E-state index contributed by atoms with van der Waals surface area (Å²) < 4.78 is 0.592. The van der Waals surface area contributed by atoms with E-state index in [1.807, 2.05) is 6.07 Å². The van der Waals surface area contributed by atoms with E-state index in [1.54, 1.807) is 0 Å². The Morgan fingerprint density at radius 3 is 2.69 bits per heavy atom. The van der Waals surface area contributed by atoms with Crippen LogP contribution in [-0.2, 0) is 11.3 Å². The maximum Gasteiger partial charge on any atom is 0.237 e. The first kappa shape index (κ1) is 18.8. The summed E-state index contributed by atoms with van der Waals surface area (Å²) in [5.74, 6) is 0.383. The number of aromatic amines is 1. The summed E-state index contributed by atoms with van der Waals surface area (Å²) in [5, 5.41) is 11.0. The van der Waals surface area contributed by atoms with Crippen molar-refractivity contribution >= 4 is 40.2 Å². The SMILES string of the molecule is O=C(CSC(=S)NN1CCN(Cc2ccccc2)CC1)Nc1ncn[nH]1. The van der Waals surface area contributed by atoms with Crippen molar-refractivity contribution in [1.29, 1.82) is 0 Å². The van der Waals surface area contributed by atoms with Crippen LogP contribution < -0.4 is 10.7 Å². The number of hydrogen-bond acceptors (Lipinski definition) is 7. The van der Waals surface area contributed by atoms with Crippen LogP contribution in [0, 0.1) is 0 Å². The molecule has 26 heavy (non-hydrogen) atoms. The Bertz CT molecular complexity index is 703. The second-order valence-corrected chi connectivity index (χ2v) is 7.47. The van der Waals surface area contributed by atoms with Gasteiger partial charge in [-0.2, -0.15) is 10.1 Å². The van der Waals surface area contributed by atoms with Crippen LogP contribution in [-0.4, -0.2) is 67.2 Å². The molecule has 0 radical (unpaired) electrons. The lowest BCUT2D eigenvalue weighted by molar-refractivity contribution is -0.113. The molecule has 0 atom stereocenters. The third-order valence-corrected chi connectivity index (χ3v) is 5.08. The van der Waals surface area contributed by atoms with E-state index in [0.29, 0.717) is 10.3 Å². The summed E-state index contributed by atoms with van der Waals surface area (Å²) >= 11 is 6.61. The number of thioether (sulfide) groups is 1. The molecule has 1 aliphatic heterocycles. The van der Waals surface area contributed by atoms with Gasteiger partial charge in [-0.15, -0.1) is 0 Å². The van der Waals surface area contributed by atoms with Gasteiger partial charge in [0, 0.05) is 32.7 Å². The topological polar surface area (TPSA) is 89.2 Å². The molecular formula is C16H21N7OS2. The van der Waals surface area contributed by atoms with E-state index in [1.165, 1.54) is 23.7 Å². The Hall–Kier alpha value is -2.01. The maximum absolute atomic E-state index is 11.8. The van der Waals surface area contributed by atoms with Crippen molar-refractivity contribution in [3.63, 3.8) is 0 Å². The van der Waals surface area contributed by atoms with Gasteiger partial charge in [0.1, 0.15) is 10.6 Å². The van der Waals surface area contributed by atoms with Gasteiger partial charge < -0.3 is 5.43 Å². The molecule has 0 aliphatic carbocycles. The molecule has 1 fully saturated rings. The Morgan fingerprint density at radius 1 is 1.23 bits per heavy atom. The fourth-order valence-electron chi connectivity index (χ4n) is 2.59. The fraction of sp³-hybridized carbons (Fsp3) is 0.375. The number of hydrazine groups is 1. The number of thiocarbonyl (C=S) groups is 1. The van der Waals surface area contributed by atoms with E-state index < -0.39 is 0 Å². The molecule has 0 saturated carbocycles. The second kappa shape index (κ2) is 9.62. The van der Waals surface area contributed by atoms with Gasteiger partial charge >= 0.3 is 0 Å². The number of amides is 1. The highest BCUT2D eigenvalue weighted by molar-refractivity contribution is 8.23. The number of anilines is 1. The van der Waals surface area contributed by atoms with Crippen LogP contribution in [0.4, 0.5) is 5.95 Å². The summed E-state index contributed by atoms with van der Waals surface area (Å²) in [5.41, 5.74) is 4.53. The van der Waals surface area contributed by atoms with Gasteiger partial charge in [0.25, 0.3) is 0 Å². The highest BCUT2D eigenvalue weighted by atomic mass is 32.2. The van der Waals surface area contributed by atoms with Crippen LogP contribution in [0.3, 0.4) is 0 Å². The minimum absolute atomic E-state index is 0.177. The van der Waals surface area contributed by atoms with Gasteiger partial charge in [0.15, 0.2) is 0 Å². The molecule has 0 bridgehead atoms. The number of rotatable bonds is 6. The van der Waals surface area contributed by atoms with Crippen molar-refractivity contribution in [3.05, 3.63) is 42.2 Å². The van der Waals surface area contributed by atoms with Gasteiger partial charge in [-0.3, -0.25) is 15.0 Å². The molecule has 8 nitrogen and oxygen atoms in total. The zero-order valence-electron chi connectivity index (χ0n) is 14.2. The average molecular weight is 392 g/mol. The highest BCUT2D eigenvalue weighted by Gasteiger charge is 2.18. The third kappa shape index (κ3) is 6.06. The first-order valence-corrected chi connectivity index (χ1v) is 9.68. The van der Waals surface area contributed by atoms with Crippen LogP contribution in [0.1, 0.15) is 5.56 Å². The third-order valence-electron chi connectivity index (χ3n) is 3.88. The molecule has 1 aromatic heterocycles. The molecule has 1 aromatic carbocycles. The lowest BCUT2D eigenvalue weighted by atomic mass is 10.2. The maximum atomic E-state index is 11.8. The van der Waals surface area contributed by atoms with E-state index in [4.69, 9.17) is 12.2 Å². The Labute approximate surface area is 161 Å². The number of piperazine rings is 1. The fourth-order valence-corrected chi connectivity index (χ4v) is 3.42. The highest BCUT2D eigenvalue weighted by Crippen LogP contribution is 2.09. The van der Waals surface area contributed by atoms with Gasteiger partial charge in [0.2, 0.25) is 11.9 Å². The summed E-state index contributed by atoms with van der Waals surface area (Å²) in [7, 11) is 0. The van der Waals surface area contributed by atoms with E-state index in [-0.39, 0.29) is 11.7 Å². The molecule has 138 valence electrons. The van der Waals surface area contributed by atoms with E-state index in [2.05, 4.69) is 60.1 Å². The van der Waals surface area contributed by atoms with Crippen LogP contribution in [0.25, 0.3) is 0 Å². The summed E-state index contributed by atoms with van der Waals surface area (Å²) in [6, 6.07) is 10.5. The van der Waals surface area contributed by atoms with Gasteiger partial charge in [-0.25, -0.2) is 10.1 Å². The predicted molar refractivity (Wildman–Crippen MR) is 106 cm³/mol. The Morgan fingerprint density at radius 2 is 2.00 bits per heavy atom. The van der Waals surface area contributed by atoms with Crippen LogP contribution >= 0.6 is 24.0 Å². The zero-order chi connectivity index (χ0) is 18.2. The number of aromatic nitrogens is 3. The standard InChI is InChI=1S/C16H21N7OS2/c24-14(19-15-17-12-18-20-15)11-26-16(25)21-23-8-6-22(7-9-23)10-13-4-2-1-3-5-13/h1-5,12H,6-11H2,(H,21,25)(H2,17,18,19,20,24). The molecule has 10 heteroatoms. The summed E-state index contributed by atoms with van der Waals surface area (Å²) in [6.07, 6.45) is 1.34. The van der Waals surface area contributed by atoms with Gasteiger partial charge in [0.05, 0.1) is 5.75 Å². The molecular weight excluding hydrogens is 370 g/mol. The van der Waals surface area contributed by atoms with Crippen LogP contribution in [0.15, 0.2) is 36.7 Å². The lowest BCUT2D eigenvalue weighted by Gasteiger charge is -2.35. The van der Waals surface area contributed by atoms with E-state index in [9.17, 15) is 4.79 Å². The molecule has 0 unspecified atom stereocenters. The number of H-pyrrole nitrogens is 1. The Balaban J connectivity index is 1.32. The van der Waals surface area contributed by atoms with Crippen LogP contribution in [0.2, 0.25) is 0 Å². The number of nitrogens with one attached hydrogen (secondary N) is 3. The summed E-state index contributed by atoms with van der Waals surface area (Å²) in [6.45, 7) is 4.69. The second-order valence-electron chi connectivity index (χ2n) is 5.82. The van der Waals surface area contributed by atoms with Crippen molar-refractivity contribution in [2.45, 2.75) is 6.54 Å². The molecule has 3 N–H and O–H groups in total. The lowest BCUT2D eigenvalue weighted by Crippen LogP contribution is -2.52. The van der Waals surface area contributed by atoms with E-state index >= 15 is 0 Å². The van der Waals surface area contributed by atoms with E-state index in [0.717, 1.165) is 32.7 Å². The average Bonchev–Trinajstić information content (AvgIpc) is 3.15. The zero-order valence-corrected chi connectivity index (χ0v) is 15.9. The molecule has 1 aliphatic rings. The molecule has 2 aromatic rings. The number of carbonyl (C=O) groups is 1. The minimum atomic E-state index is -0.177. The Kier molecular flexibility index (Phi) is 6.95. The number of carbonyl (C=O) groups excluding carboxylic acids is 1. The van der Waals surface area contributed by atoms with Crippen molar-refractivity contribution in [3.8, 4) is 0 Å². The van der Waals surface area contributed by atoms with Crippen LogP contribution in [0.5, 0.6) is 0 Å². The summed E-state index contributed by atoms with van der Waals surface area (Å²) in [4.78, 5) is 18.1. The predicted octanol–water partition coefficient (Wildman–Crippen LogP) is 1.08. The van der Waals surface area contributed by atoms with Crippen molar-refractivity contribution in [2.75, 3.05) is 37.2 Å². The quantitative estimate of drug-likeness (QED) is 0.631. The molecule has 1 saturated heterocycles. The van der Waals surface area contributed by atoms with Gasteiger partial charge in [-0.1, -0.05) is 54.3 Å². The van der Waals surface area contributed by atoms with Crippen molar-refractivity contribution in [1.82, 2.24) is 30.5 Å². The molecule has 0 spiro atoms. The van der Waals surface area contributed by atoms with Crippen molar-refractivity contribution < 1.29 is 4.79 Å². The number of nitrogens with zero attached hydrogens (tertiary/aromatic N) is 4. The van der Waals surface area contributed by atoms with Gasteiger partial charge in [-0.05, 0) is 5.56 Å². The number of benzene rings is 1. The number of hydrogen-bond donors (Lipinski definition) is 3. The first-order chi connectivity index (χ1) is 12.7. The molecule has 2 heterocycles. The molecule has 3 rings (SSSR count). The largest absolute Gasteiger partial charge is 0.304 e. The van der Waals surface area contributed by atoms with Crippen molar-refractivity contribution in [2.24, 2.45) is 0 Å². The molecule has 1 amide bonds. The first-order valence-electron chi connectivity index (χ1n) is 8.29. The minimum Gasteiger partial charge on any atom is -0.304 e. The smallest absolute Gasteiger partial charge is 0.237 e. The monoisotopic (exact) mass is 391 g/mol.